The molecule has 0 saturated carbocycles. The number of hydrogen-bond donors (Lipinski definition) is 0. The lowest BCUT2D eigenvalue weighted by Crippen LogP contribution is -2.38. The Hall–Kier alpha value is -3.28. The highest BCUT2D eigenvalue weighted by Crippen LogP contribution is 2.27. The van der Waals surface area contributed by atoms with Gasteiger partial charge in [0.25, 0.3) is 0 Å². The smallest absolute Gasteiger partial charge is 0.133 e. The fourth-order valence-electron chi connectivity index (χ4n) is 4.48. The molecule has 1 aliphatic heterocycles. The second kappa shape index (κ2) is 9.69. The van der Waals surface area contributed by atoms with Crippen molar-refractivity contribution in [2.24, 2.45) is 0 Å². The van der Waals surface area contributed by atoms with Crippen LogP contribution < -0.4 is 4.90 Å². The minimum atomic E-state index is -0.0132. The minimum absolute atomic E-state index is 0.0132. The van der Waals surface area contributed by atoms with Gasteiger partial charge in [-0.15, -0.1) is 0 Å². The van der Waals surface area contributed by atoms with Crippen molar-refractivity contribution >= 4 is 16.7 Å². The first-order chi connectivity index (χ1) is 16.2. The van der Waals surface area contributed by atoms with Crippen LogP contribution in [0, 0.1) is 0 Å². The highest BCUT2D eigenvalue weighted by molar-refractivity contribution is 5.81. The Morgan fingerprint density at radius 3 is 2.58 bits per heavy atom. The van der Waals surface area contributed by atoms with Gasteiger partial charge in [-0.05, 0) is 35.7 Å². The molecule has 0 radical (unpaired) electrons. The van der Waals surface area contributed by atoms with E-state index in [0.29, 0.717) is 6.61 Å². The number of morpholine rings is 1. The Labute approximate surface area is 195 Å². The monoisotopic (exact) mass is 438 g/mol. The Kier molecular flexibility index (Phi) is 6.33. The highest BCUT2D eigenvalue weighted by atomic mass is 16.5. The average molecular weight is 439 g/mol. The van der Waals surface area contributed by atoms with Crippen LogP contribution in [-0.2, 0) is 17.7 Å². The molecule has 3 heterocycles. The maximum absolute atomic E-state index is 6.11. The van der Waals surface area contributed by atoms with Crippen molar-refractivity contribution in [2.45, 2.75) is 19.1 Å². The van der Waals surface area contributed by atoms with E-state index < -0.39 is 0 Å². The summed E-state index contributed by atoms with van der Waals surface area (Å²) in [6, 6.07) is 25.4. The molecule has 5 rings (SSSR count). The number of rotatable bonds is 6. The lowest BCUT2D eigenvalue weighted by molar-refractivity contribution is -0.0349. The fourth-order valence-corrected chi connectivity index (χ4v) is 4.48. The molecule has 4 aromatic rings. The van der Waals surface area contributed by atoms with Gasteiger partial charge in [0.2, 0.25) is 0 Å². The third kappa shape index (κ3) is 5.05. The summed E-state index contributed by atoms with van der Waals surface area (Å²) in [6.07, 6.45) is 2.87. The van der Waals surface area contributed by atoms with Crippen molar-refractivity contribution in [3.05, 3.63) is 101 Å². The van der Waals surface area contributed by atoms with E-state index in [1.54, 1.807) is 0 Å². The van der Waals surface area contributed by atoms with E-state index >= 15 is 0 Å². The lowest BCUT2D eigenvalue weighted by atomic mass is 10.1. The van der Waals surface area contributed by atoms with Crippen LogP contribution in [0.2, 0.25) is 0 Å². The van der Waals surface area contributed by atoms with E-state index in [1.165, 1.54) is 22.1 Å². The zero-order valence-electron chi connectivity index (χ0n) is 19.3. The first-order valence-electron chi connectivity index (χ1n) is 11.5. The summed E-state index contributed by atoms with van der Waals surface area (Å²) in [6.45, 7) is 3.28. The van der Waals surface area contributed by atoms with E-state index in [9.17, 15) is 0 Å². The summed E-state index contributed by atoms with van der Waals surface area (Å²) in [7, 11) is 4.12. The van der Waals surface area contributed by atoms with Gasteiger partial charge in [0.05, 0.1) is 17.8 Å². The molecule has 0 unspecified atom stereocenters. The largest absolute Gasteiger partial charge is 0.369 e. The molecule has 5 nitrogen and oxygen atoms in total. The van der Waals surface area contributed by atoms with Crippen LogP contribution in [0.4, 0.5) is 5.82 Å². The van der Waals surface area contributed by atoms with Crippen molar-refractivity contribution in [3.8, 4) is 0 Å². The second-order valence-corrected chi connectivity index (χ2v) is 8.91. The van der Waals surface area contributed by atoms with E-state index in [-0.39, 0.29) is 6.10 Å². The van der Waals surface area contributed by atoms with Gasteiger partial charge in [-0.2, -0.15) is 0 Å². The van der Waals surface area contributed by atoms with Crippen molar-refractivity contribution < 1.29 is 4.74 Å². The first kappa shape index (κ1) is 21.6. The van der Waals surface area contributed by atoms with Crippen molar-refractivity contribution in [1.29, 1.82) is 0 Å². The maximum atomic E-state index is 6.11. The Morgan fingerprint density at radius 1 is 0.970 bits per heavy atom. The third-order valence-electron chi connectivity index (χ3n) is 6.18. The van der Waals surface area contributed by atoms with Gasteiger partial charge >= 0.3 is 0 Å². The molecule has 33 heavy (non-hydrogen) atoms. The minimum Gasteiger partial charge on any atom is -0.369 e. The van der Waals surface area contributed by atoms with Crippen LogP contribution in [0.25, 0.3) is 10.9 Å². The van der Waals surface area contributed by atoms with Gasteiger partial charge in [0.1, 0.15) is 11.9 Å². The molecule has 1 fully saturated rings. The Balaban J connectivity index is 1.30. The molecule has 0 N–H and O–H groups in total. The topological polar surface area (TPSA) is 41.5 Å². The summed E-state index contributed by atoms with van der Waals surface area (Å²) >= 11 is 0. The number of fused-ring (bicyclic) bond motifs is 1. The second-order valence-electron chi connectivity index (χ2n) is 8.91. The predicted molar refractivity (Wildman–Crippen MR) is 134 cm³/mol. The van der Waals surface area contributed by atoms with Gasteiger partial charge in [-0.3, -0.25) is 9.88 Å². The molecule has 5 heteroatoms. The quantitative estimate of drug-likeness (QED) is 0.430. The number of para-hydroxylation sites is 1. The Morgan fingerprint density at radius 2 is 1.79 bits per heavy atom. The SMILES string of the molecule is CN(C)c1nc2ccccc2cc1CN1CCO[C@H](c2ccc(Cc3ccccc3)cn2)C1. The van der Waals surface area contributed by atoms with Crippen LogP contribution in [-0.4, -0.2) is 48.7 Å². The van der Waals surface area contributed by atoms with Crippen LogP contribution in [0.15, 0.2) is 79.0 Å². The normalized spacial score (nSPS) is 16.7. The molecule has 1 aliphatic rings. The number of aromatic nitrogens is 2. The van der Waals surface area contributed by atoms with Crippen molar-refractivity contribution in [3.63, 3.8) is 0 Å². The number of pyridine rings is 2. The van der Waals surface area contributed by atoms with Crippen LogP contribution in [0.5, 0.6) is 0 Å². The van der Waals surface area contributed by atoms with Crippen molar-refractivity contribution in [2.75, 3.05) is 38.7 Å². The molecule has 0 spiro atoms. The summed E-state index contributed by atoms with van der Waals surface area (Å²) in [4.78, 5) is 14.2. The van der Waals surface area contributed by atoms with Crippen LogP contribution in [0.3, 0.4) is 0 Å². The van der Waals surface area contributed by atoms with Crippen molar-refractivity contribution in [1.82, 2.24) is 14.9 Å². The average Bonchev–Trinajstić information content (AvgIpc) is 2.85. The lowest BCUT2D eigenvalue weighted by Gasteiger charge is -2.33. The predicted octanol–water partition coefficient (Wildman–Crippen LogP) is 4.86. The van der Waals surface area contributed by atoms with E-state index in [0.717, 1.165) is 43.1 Å². The van der Waals surface area contributed by atoms with Gasteiger partial charge in [-0.1, -0.05) is 54.6 Å². The number of hydrogen-bond acceptors (Lipinski definition) is 5. The van der Waals surface area contributed by atoms with Crippen LogP contribution >= 0.6 is 0 Å². The summed E-state index contributed by atoms with van der Waals surface area (Å²) in [5.74, 6) is 1.03. The van der Waals surface area contributed by atoms with Gasteiger partial charge < -0.3 is 9.64 Å². The number of anilines is 1. The number of benzene rings is 2. The zero-order chi connectivity index (χ0) is 22.6. The molecule has 0 aliphatic carbocycles. The van der Waals surface area contributed by atoms with E-state index in [4.69, 9.17) is 14.7 Å². The van der Waals surface area contributed by atoms with Gasteiger partial charge in [0, 0.05) is 50.9 Å². The molecule has 1 saturated heterocycles. The zero-order valence-corrected chi connectivity index (χ0v) is 19.3. The molecule has 168 valence electrons. The molecule has 2 aromatic carbocycles. The Bertz CT molecular complexity index is 1210. The maximum Gasteiger partial charge on any atom is 0.133 e. The standard InChI is InChI=1S/C28H30N4O/c1-31(2)28-24(17-23-10-6-7-11-25(23)30-28)19-32-14-15-33-27(20-32)26-13-12-22(18-29-26)16-21-8-4-3-5-9-21/h3-13,17-18,27H,14-16,19-20H2,1-2H3/t27-/m0/s1. The summed E-state index contributed by atoms with van der Waals surface area (Å²) < 4.78 is 6.11. The summed E-state index contributed by atoms with van der Waals surface area (Å²) in [5.41, 5.74) is 5.79. The highest BCUT2D eigenvalue weighted by Gasteiger charge is 2.24. The van der Waals surface area contributed by atoms with E-state index in [2.05, 4.69) is 84.6 Å². The molecule has 0 amide bonds. The number of nitrogens with zero attached hydrogens (tertiary/aromatic N) is 4. The summed E-state index contributed by atoms with van der Waals surface area (Å²) in [5, 5.41) is 1.18. The molecular weight excluding hydrogens is 408 g/mol. The molecular formula is C28H30N4O. The third-order valence-corrected chi connectivity index (χ3v) is 6.18. The molecule has 1 atom stereocenters. The van der Waals surface area contributed by atoms with Crippen LogP contribution in [0.1, 0.15) is 28.5 Å². The molecule has 0 bridgehead atoms. The van der Waals surface area contributed by atoms with Gasteiger partial charge in [0.15, 0.2) is 0 Å². The fraction of sp³-hybridized carbons (Fsp3) is 0.286. The number of ether oxygens (including phenoxy) is 1. The van der Waals surface area contributed by atoms with Gasteiger partial charge in [-0.25, -0.2) is 4.98 Å². The molecule has 2 aromatic heterocycles. The first-order valence-corrected chi connectivity index (χ1v) is 11.5. The van der Waals surface area contributed by atoms with E-state index in [1.807, 2.05) is 18.3 Å².